The van der Waals surface area contributed by atoms with E-state index in [2.05, 4.69) is 23.8 Å². The van der Waals surface area contributed by atoms with Crippen LogP contribution in [0, 0.1) is 13.8 Å². The average molecular weight is 510 g/mol. The number of hydrogen-bond acceptors (Lipinski definition) is 2. The Morgan fingerprint density at radius 1 is 1.00 bits per heavy atom. The van der Waals surface area contributed by atoms with Gasteiger partial charge in [-0.3, -0.25) is 9.98 Å². The Morgan fingerprint density at radius 2 is 1.64 bits per heavy atom. The van der Waals surface area contributed by atoms with Crippen molar-refractivity contribution >= 4 is 23.8 Å². The van der Waals surface area contributed by atoms with E-state index in [0.717, 1.165) is 28.1 Å². The number of allylic oxidation sites excluding steroid dienone is 4. The van der Waals surface area contributed by atoms with Crippen molar-refractivity contribution in [3.63, 3.8) is 0 Å². The van der Waals surface area contributed by atoms with Gasteiger partial charge in [0.25, 0.3) is 0 Å². The first-order valence-corrected chi connectivity index (χ1v) is 7.94. The number of aliphatic imine (C=N–C) groups is 2. The SMILES string of the molecule is [CH2-]C/C(C=Nc1ccccc1N=Cc1ccccc1[CH2-])=C\C=C/C.[Pt+2]. The molecule has 0 N–H and O–H groups in total. The molecule has 3 heteroatoms. The summed E-state index contributed by atoms with van der Waals surface area (Å²) in [5, 5.41) is 0. The van der Waals surface area contributed by atoms with Crippen molar-refractivity contribution in [2.75, 3.05) is 0 Å². The molecule has 0 saturated carbocycles. The van der Waals surface area contributed by atoms with E-state index >= 15 is 0 Å². The second kappa shape index (κ2) is 11.4. The summed E-state index contributed by atoms with van der Waals surface area (Å²) in [4.78, 5) is 9.14. The molecule has 0 spiro atoms. The van der Waals surface area contributed by atoms with Crippen molar-refractivity contribution in [3.8, 4) is 0 Å². The minimum absolute atomic E-state index is 0. The molecule has 0 aromatic heterocycles. The molecule has 2 aromatic carbocycles. The third-order valence-corrected chi connectivity index (χ3v) is 3.44. The molecule has 0 aliphatic carbocycles. The Balaban J connectivity index is 0.00000312. The van der Waals surface area contributed by atoms with Crippen molar-refractivity contribution < 1.29 is 21.1 Å². The summed E-state index contributed by atoms with van der Waals surface area (Å²) >= 11 is 0. The fourth-order valence-electron chi connectivity index (χ4n) is 2.04. The molecule has 2 nitrogen and oxygen atoms in total. The molecular weight excluding hydrogens is 487 g/mol. The van der Waals surface area contributed by atoms with Gasteiger partial charge in [-0.2, -0.15) is 25.0 Å². The minimum atomic E-state index is 0. The van der Waals surface area contributed by atoms with Gasteiger partial charge in [0.1, 0.15) is 0 Å². The van der Waals surface area contributed by atoms with E-state index in [-0.39, 0.29) is 21.1 Å². The Kier molecular flexibility index (Phi) is 9.50. The summed E-state index contributed by atoms with van der Waals surface area (Å²) in [7, 11) is 0. The van der Waals surface area contributed by atoms with Gasteiger partial charge >= 0.3 is 21.1 Å². The fraction of sp³-hybridized carbons (Fsp3) is 0.0909. The van der Waals surface area contributed by atoms with Crippen molar-refractivity contribution in [3.05, 3.63) is 97.3 Å². The predicted molar refractivity (Wildman–Crippen MR) is 106 cm³/mol. The van der Waals surface area contributed by atoms with Gasteiger partial charge in [0.2, 0.25) is 0 Å². The van der Waals surface area contributed by atoms with Crippen molar-refractivity contribution in [2.24, 2.45) is 9.98 Å². The number of rotatable bonds is 6. The van der Waals surface area contributed by atoms with Gasteiger partial charge in [0.15, 0.2) is 0 Å². The zero-order chi connectivity index (χ0) is 17.2. The molecule has 0 unspecified atom stereocenters. The summed E-state index contributed by atoms with van der Waals surface area (Å²) in [5.41, 5.74) is 4.68. The van der Waals surface area contributed by atoms with Gasteiger partial charge in [-0.05, 0) is 25.3 Å². The molecule has 0 aliphatic heterocycles. The first-order chi connectivity index (χ1) is 11.7. The van der Waals surface area contributed by atoms with E-state index in [9.17, 15) is 0 Å². The van der Waals surface area contributed by atoms with E-state index < -0.39 is 0 Å². The van der Waals surface area contributed by atoms with Gasteiger partial charge in [-0.1, -0.05) is 42.0 Å². The monoisotopic (exact) mass is 509 g/mol. The zero-order valence-corrected chi connectivity index (χ0v) is 16.6. The molecule has 25 heavy (non-hydrogen) atoms. The minimum Gasteiger partial charge on any atom is -0.339 e. The number of nitrogens with zero attached hydrogens (tertiary/aromatic N) is 2. The largest absolute Gasteiger partial charge is 2.00 e. The Morgan fingerprint density at radius 3 is 2.28 bits per heavy atom. The predicted octanol–water partition coefficient (Wildman–Crippen LogP) is 6.05. The van der Waals surface area contributed by atoms with Crippen LogP contribution >= 0.6 is 0 Å². The van der Waals surface area contributed by atoms with Crippen LogP contribution in [0.1, 0.15) is 24.5 Å². The molecule has 0 fully saturated rings. The number of benzene rings is 2. The summed E-state index contributed by atoms with van der Waals surface area (Å²) in [5.74, 6) is 0. The summed E-state index contributed by atoms with van der Waals surface area (Å²) in [6.45, 7) is 9.93. The summed E-state index contributed by atoms with van der Waals surface area (Å²) in [6.07, 6.45) is 10.3. The second-order valence-corrected chi connectivity index (χ2v) is 5.22. The quantitative estimate of drug-likeness (QED) is 0.258. The van der Waals surface area contributed by atoms with Crippen LogP contribution in [-0.2, 0) is 21.1 Å². The van der Waals surface area contributed by atoms with Gasteiger partial charge in [0.05, 0.1) is 11.4 Å². The topological polar surface area (TPSA) is 24.7 Å². The van der Waals surface area contributed by atoms with E-state index in [1.165, 1.54) is 0 Å². The van der Waals surface area contributed by atoms with Crippen molar-refractivity contribution in [2.45, 2.75) is 13.3 Å². The van der Waals surface area contributed by atoms with Gasteiger partial charge in [-0.25, -0.2) is 0 Å². The Bertz CT molecular complexity index is 786. The molecule has 0 bridgehead atoms. The Hall–Kier alpha value is -2.18. The van der Waals surface area contributed by atoms with Gasteiger partial charge in [-0.15, -0.1) is 17.7 Å². The first kappa shape index (κ1) is 20.9. The molecule has 0 amide bonds. The standard InChI is InChI=1S/C22H22N2.Pt/c1-4-6-12-19(5-2)16-23-21-14-9-10-15-22(21)24-17-20-13-8-7-11-18(20)3;/h4,6-17H,2-3,5H2,1H3;/q-2;+2/b6-4-,19-12+,23-16?,24-17?;. The maximum atomic E-state index is 4.58. The number of para-hydroxylation sites is 2. The van der Waals surface area contributed by atoms with E-state index in [4.69, 9.17) is 0 Å². The van der Waals surface area contributed by atoms with Crippen LogP contribution in [0.2, 0.25) is 0 Å². The van der Waals surface area contributed by atoms with Gasteiger partial charge in [0, 0.05) is 6.21 Å². The van der Waals surface area contributed by atoms with Crippen LogP contribution in [0.5, 0.6) is 0 Å². The van der Waals surface area contributed by atoms with Crippen LogP contribution in [0.15, 0.2) is 82.3 Å². The van der Waals surface area contributed by atoms with Crippen molar-refractivity contribution in [1.29, 1.82) is 0 Å². The normalized spacial score (nSPS) is 12.2. The summed E-state index contributed by atoms with van der Waals surface area (Å²) in [6, 6.07) is 15.7. The van der Waals surface area contributed by atoms with E-state index in [1.54, 1.807) is 0 Å². The molecule has 2 aromatic rings. The average Bonchev–Trinajstić information content (AvgIpc) is 2.62. The molecule has 2 rings (SSSR count). The third kappa shape index (κ3) is 6.68. The molecule has 0 atom stereocenters. The van der Waals surface area contributed by atoms with Crippen LogP contribution in [0.4, 0.5) is 11.4 Å². The van der Waals surface area contributed by atoms with Crippen LogP contribution in [0.25, 0.3) is 0 Å². The summed E-state index contributed by atoms with van der Waals surface area (Å²) < 4.78 is 0. The molecule has 0 heterocycles. The van der Waals surface area contributed by atoms with Crippen molar-refractivity contribution in [1.82, 2.24) is 0 Å². The molecule has 0 radical (unpaired) electrons. The maximum absolute atomic E-state index is 4.58. The van der Waals surface area contributed by atoms with E-state index in [1.807, 2.05) is 86.1 Å². The molecular formula is C22H22N2Pt. The first-order valence-electron chi connectivity index (χ1n) is 7.94. The van der Waals surface area contributed by atoms with Crippen LogP contribution in [0.3, 0.4) is 0 Å². The third-order valence-electron chi connectivity index (χ3n) is 3.44. The second-order valence-electron chi connectivity index (χ2n) is 5.22. The number of hydrogen-bond donors (Lipinski definition) is 0. The zero-order valence-electron chi connectivity index (χ0n) is 14.3. The van der Waals surface area contributed by atoms with Gasteiger partial charge < -0.3 is 6.92 Å². The smallest absolute Gasteiger partial charge is 0.339 e. The molecule has 0 saturated heterocycles. The molecule has 0 aliphatic rings. The fourth-order valence-corrected chi connectivity index (χ4v) is 2.04. The molecule has 130 valence electrons. The van der Waals surface area contributed by atoms with Crippen LogP contribution in [-0.4, -0.2) is 12.4 Å². The van der Waals surface area contributed by atoms with Crippen LogP contribution < -0.4 is 0 Å². The maximum Gasteiger partial charge on any atom is 2.00 e. The van der Waals surface area contributed by atoms with E-state index in [0.29, 0.717) is 6.42 Å². The Labute approximate surface area is 165 Å².